The fourth-order valence-corrected chi connectivity index (χ4v) is 1.96. The van der Waals surface area contributed by atoms with Gasteiger partial charge in [0.25, 0.3) is 0 Å². The van der Waals surface area contributed by atoms with Crippen LogP contribution in [-0.4, -0.2) is 22.4 Å². The summed E-state index contributed by atoms with van der Waals surface area (Å²) < 4.78 is 0. The number of nitrogens with two attached hydrogens (primary N) is 1. The van der Waals surface area contributed by atoms with Crippen LogP contribution in [-0.2, 0) is 4.79 Å². The first-order valence-corrected chi connectivity index (χ1v) is 6.33. The summed E-state index contributed by atoms with van der Waals surface area (Å²) in [7, 11) is 0. The summed E-state index contributed by atoms with van der Waals surface area (Å²) in [5, 5.41) is 2.88. The van der Waals surface area contributed by atoms with E-state index in [1.165, 1.54) is 0 Å². The van der Waals surface area contributed by atoms with Crippen molar-refractivity contribution in [3.05, 3.63) is 30.6 Å². The molecular weight excluding hydrogens is 240 g/mol. The highest BCUT2D eigenvalue weighted by atomic mass is 16.1. The van der Waals surface area contributed by atoms with Crippen molar-refractivity contribution in [2.24, 2.45) is 17.6 Å². The minimum Gasteiger partial charge on any atom is -0.330 e. The third kappa shape index (κ3) is 3.06. The zero-order valence-corrected chi connectivity index (χ0v) is 11.1. The molecule has 5 heteroatoms. The Balaban J connectivity index is 2.19. The molecule has 0 fully saturated rings. The Hall–Kier alpha value is -2.01. The van der Waals surface area contributed by atoms with Gasteiger partial charge >= 0.3 is 0 Å². The van der Waals surface area contributed by atoms with Crippen LogP contribution in [0.4, 0.5) is 5.69 Å². The average Bonchev–Trinajstić information content (AvgIpc) is 2.39. The molecule has 1 amide bonds. The summed E-state index contributed by atoms with van der Waals surface area (Å²) >= 11 is 0. The molecule has 0 saturated carbocycles. The van der Waals surface area contributed by atoms with Crippen molar-refractivity contribution in [3.63, 3.8) is 0 Å². The number of aromatic nitrogens is 2. The molecular formula is C14H18N4O. The van der Waals surface area contributed by atoms with Crippen LogP contribution in [0.25, 0.3) is 11.0 Å². The monoisotopic (exact) mass is 258 g/mol. The second kappa shape index (κ2) is 5.75. The van der Waals surface area contributed by atoms with E-state index >= 15 is 0 Å². The maximum absolute atomic E-state index is 12.1. The lowest BCUT2D eigenvalue weighted by atomic mass is 9.95. The summed E-state index contributed by atoms with van der Waals surface area (Å²) in [6, 6.07) is 5.47. The molecule has 2 rings (SSSR count). The summed E-state index contributed by atoms with van der Waals surface area (Å²) in [5.41, 5.74) is 7.92. The number of rotatable bonds is 4. The lowest BCUT2D eigenvalue weighted by molar-refractivity contribution is -0.120. The van der Waals surface area contributed by atoms with Crippen molar-refractivity contribution in [2.45, 2.75) is 13.8 Å². The number of anilines is 1. The molecule has 2 aromatic rings. The molecule has 0 aliphatic rings. The number of amides is 1. The van der Waals surface area contributed by atoms with Crippen LogP contribution in [0.1, 0.15) is 13.8 Å². The summed E-state index contributed by atoms with van der Waals surface area (Å²) in [5.74, 6) is -0.0245. The van der Waals surface area contributed by atoms with E-state index in [0.29, 0.717) is 6.54 Å². The Kier molecular flexibility index (Phi) is 4.06. The number of carbonyl (C=O) groups is 1. The fourth-order valence-electron chi connectivity index (χ4n) is 1.96. The van der Waals surface area contributed by atoms with Gasteiger partial charge in [-0.25, -0.2) is 0 Å². The van der Waals surface area contributed by atoms with Crippen molar-refractivity contribution >= 4 is 22.6 Å². The van der Waals surface area contributed by atoms with Gasteiger partial charge in [-0.1, -0.05) is 13.8 Å². The zero-order valence-electron chi connectivity index (χ0n) is 11.1. The highest BCUT2D eigenvalue weighted by Gasteiger charge is 2.20. The van der Waals surface area contributed by atoms with E-state index in [2.05, 4.69) is 15.3 Å². The van der Waals surface area contributed by atoms with Crippen molar-refractivity contribution < 1.29 is 4.79 Å². The van der Waals surface area contributed by atoms with E-state index in [0.717, 1.165) is 16.7 Å². The molecule has 0 radical (unpaired) electrons. The predicted octanol–water partition coefficient (Wildman–Crippen LogP) is 1.80. The van der Waals surface area contributed by atoms with Gasteiger partial charge in [-0.2, -0.15) is 0 Å². The van der Waals surface area contributed by atoms with Crippen LogP contribution in [0.2, 0.25) is 0 Å². The Labute approximate surface area is 112 Å². The maximum Gasteiger partial charge on any atom is 0.229 e. The quantitative estimate of drug-likeness (QED) is 0.876. The molecule has 0 spiro atoms. The molecule has 1 atom stereocenters. The van der Waals surface area contributed by atoms with Gasteiger partial charge in [0, 0.05) is 24.6 Å². The molecule has 0 saturated heterocycles. The molecule has 0 aliphatic carbocycles. The van der Waals surface area contributed by atoms with Crippen LogP contribution >= 0.6 is 0 Å². The molecule has 19 heavy (non-hydrogen) atoms. The van der Waals surface area contributed by atoms with Crippen LogP contribution in [0.15, 0.2) is 30.6 Å². The third-order valence-electron chi connectivity index (χ3n) is 3.13. The van der Waals surface area contributed by atoms with Gasteiger partial charge in [0.1, 0.15) is 0 Å². The molecule has 1 aromatic carbocycles. The SMILES string of the molecule is CC(C)C(CN)C(=O)Nc1ccc2nccnc2c1. The number of hydrogen-bond acceptors (Lipinski definition) is 4. The Morgan fingerprint density at radius 1 is 1.26 bits per heavy atom. The number of hydrogen-bond donors (Lipinski definition) is 2. The van der Waals surface area contributed by atoms with Crippen LogP contribution in [0.3, 0.4) is 0 Å². The van der Waals surface area contributed by atoms with Crippen LogP contribution in [0.5, 0.6) is 0 Å². The lowest BCUT2D eigenvalue weighted by Crippen LogP contribution is -2.33. The minimum absolute atomic E-state index is 0.0549. The first-order chi connectivity index (χ1) is 9.11. The second-order valence-corrected chi connectivity index (χ2v) is 4.84. The molecule has 1 heterocycles. The van der Waals surface area contributed by atoms with E-state index in [1.54, 1.807) is 12.4 Å². The smallest absolute Gasteiger partial charge is 0.229 e. The average molecular weight is 258 g/mol. The van der Waals surface area contributed by atoms with Crippen molar-refractivity contribution in [1.29, 1.82) is 0 Å². The largest absolute Gasteiger partial charge is 0.330 e. The van der Waals surface area contributed by atoms with Gasteiger partial charge in [0.2, 0.25) is 5.91 Å². The lowest BCUT2D eigenvalue weighted by Gasteiger charge is -2.18. The van der Waals surface area contributed by atoms with Crippen LogP contribution in [0, 0.1) is 11.8 Å². The topological polar surface area (TPSA) is 80.9 Å². The summed E-state index contributed by atoms with van der Waals surface area (Å²) in [6.45, 7) is 4.32. The molecule has 1 unspecified atom stereocenters. The van der Waals surface area contributed by atoms with Crippen molar-refractivity contribution in [3.8, 4) is 0 Å². The van der Waals surface area contributed by atoms with Gasteiger partial charge < -0.3 is 11.1 Å². The highest BCUT2D eigenvalue weighted by molar-refractivity contribution is 5.94. The van der Waals surface area contributed by atoms with Crippen molar-refractivity contribution in [1.82, 2.24) is 9.97 Å². The molecule has 3 N–H and O–H groups in total. The van der Waals surface area contributed by atoms with Crippen molar-refractivity contribution in [2.75, 3.05) is 11.9 Å². The van der Waals surface area contributed by atoms with Gasteiger partial charge in [-0.15, -0.1) is 0 Å². The molecule has 100 valence electrons. The van der Waals surface area contributed by atoms with Gasteiger partial charge in [0.05, 0.1) is 17.0 Å². The Morgan fingerprint density at radius 3 is 2.58 bits per heavy atom. The molecule has 1 aromatic heterocycles. The van der Waals surface area contributed by atoms with E-state index < -0.39 is 0 Å². The molecule has 5 nitrogen and oxygen atoms in total. The summed E-state index contributed by atoms with van der Waals surface area (Å²) in [4.78, 5) is 20.5. The Bertz CT molecular complexity index is 582. The highest BCUT2D eigenvalue weighted by Crippen LogP contribution is 2.17. The summed E-state index contributed by atoms with van der Waals surface area (Å²) in [6.07, 6.45) is 3.27. The fraction of sp³-hybridized carbons (Fsp3) is 0.357. The third-order valence-corrected chi connectivity index (χ3v) is 3.13. The first-order valence-electron chi connectivity index (χ1n) is 6.33. The van der Waals surface area contributed by atoms with Gasteiger partial charge in [-0.3, -0.25) is 14.8 Å². The first kappa shape index (κ1) is 13.4. The molecule has 0 aliphatic heterocycles. The normalized spacial score (nSPS) is 12.6. The van der Waals surface area contributed by atoms with Crippen LogP contribution < -0.4 is 11.1 Å². The van der Waals surface area contributed by atoms with E-state index in [-0.39, 0.29) is 17.7 Å². The number of nitrogens with one attached hydrogen (secondary N) is 1. The standard InChI is InChI=1S/C14H18N4O/c1-9(2)11(8-15)14(19)18-10-3-4-12-13(7-10)17-6-5-16-12/h3-7,9,11H,8,15H2,1-2H3,(H,18,19). The van der Waals surface area contributed by atoms with Gasteiger partial charge in [-0.05, 0) is 24.1 Å². The van der Waals surface area contributed by atoms with E-state index in [4.69, 9.17) is 5.73 Å². The van der Waals surface area contributed by atoms with E-state index in [9.17, 15) is 4.79 Å². The minimum atomic E-state index is -0.183. The van der Waals surface area contributed by atoms with Gasteiger partial charge in [0.15, 0.2) is 0 Å². The zero-order chi connectivity index (χ0) is 13.8. The second-order valence-electron chi connectivity index (χ2n) is 4.84. The number of benzene rings is 1. The number of fused-ring (bicyclic) bond motifs is 1. The van der Waals surface area contributed by atoms with E-state index in [1.807, 2.05) is 32.0 Å². The number of carbonyl (C=O) groups excluding carboxylic acids is 1. The Morgan fingerprint density at radius 2 is 1.95 bits per heavy atom. The molecule has 0 bridgehead atoms. The number of nitrogens with zero attached hydrogens (tertiary/aromatic N) is 2. The predicted molar refractivity (Wildman–Crippen MR) is 75.6 cm³/mol. The maximum atomic E-state index is 12.1.